The van der Waals surface area contributed by atoms with Crippen LogP contribution in [0.25, 0.3) is 0 Å². The van der Waals surface area contributed by atoms with Crippen molar-refractivity contribution >= 4 is 18.7 Å². The molecule has 1 heterocycles. The van der Waals surface area contributed by atoms with E-state index in [9.17, 15) is 9.18 Å². The zero-order valence-electron chi connectivity index (χ0n) is 18.5. The molecule has 0 aliphatic carbocycles. The fraction of sp³-hybridized carbons (Fsp3) is 0.667. The molecular weight excluding hydrogens is 360 g/mol. The molecule has 1 aromatic carbocycles. The fourth-order valence-electron chi connectivity index (χ4n) is 2.91. The van der Waals surface area contributed by atoms with Crippen molar-refractivity contribution in [1.82, 2.24) is 5.32 Å². The number of carbonyl (C=O) groups is 1. The summed E-state index contributed by atoms with van der Waals surface area (Å²) in [4.78, 5) is 11.9. The predicted octanol–water partition coefficient (Wildman–Crippen LogP) is 3.93. The van der Waals surface area contributed by atoms with Gasteiger partial charge in [-0.25, -0.2) is 9.18 Å². The molecule has 0 saturated carbocycles. The highest BCUT2D eigenvalue weighted by Gasteiger charge is 2.51. The molecule has 0 unspecified atom stereocenters. The molecule has 2 rings (SSSR count). The third kappa shape index (κ3) is 5.06. The minimum absolute atomic E-state index is 0.245. The molecule has 1 fully saturated rings. The molecule has 28 heavy (non-hydrogen) atoms. The van der Waals surface area contributed by atoms with E-state index in [4.69, 9.17) is 14.0 Å². The maximum absolute atomic E-state index is 14.9. The van der Waals surface area contributed by atoms with E-state index < -0.39 is 35.4 Å². The van der Waals surface area contributed by atoms with Gasteiger partial charge in [-0.3, -0.25) is 0 Å². The molecule has 7 heteroatoms. The minimum Gasteiger partial charge on any atom is -0.444 e. The summed E-state index contributed by atoms with van der Waals surface area (Å²) in [5.41, 5.74) is -1.02. The van der Waals surface area contributed by atoms with Crippen LogP contribution in [0.15, 0.2) is 18.2 Å². The molecule has 1 aliphatic heterocycles. The molecule has 0 spiro atoms. The lowest BCUT2D eigenvalue weighted by atomic mass is 9.76. The van der Waals surface area contributed by atoms with Gasteiger partial charge >= 0.3 is 13.2 Å². The summed E-state index contributed by atoms with van der Waals surface area (Å²) in [6, 6.07) is 5.00. The summed E-state index contributed by atoms with van der Waals surface area (Å²) in [6.07, 6.45) is -0.519. The Kier molecular flexibility index (Phi) is 5.95. The number of alkyl carbamates (subject to hydrolysis) is 1. The number of halogens is 1. The summed E-state index contributed by atoms with van der Waals surface area (Å²) >= 11 is 0. The SMILES string of the molecule is CC(C)(C)OC(=O)NCC(C)(C)c1ccc(B2OC(C)(C)C(C)(C)O2)cc1F. The van der Waals surface area contributed by atoms with E-state index in [2.05, 4.69) is 5.32 Å². The average Bonchev–Trinajstić information content (AvgIpc) is 2.71. The number of amides is 1. The summed E-state index contributed by atoms with van der Waals surface area (Å²) in [5.74, 6) is -0.358. The Hall–Kier alpha value is -1.60. The Labute approximate surface area is 168 Å². The van der Waals surface area contributed by atoms with Crippen LogP contribution in [0.3, 0.4) is 0 Å². The number of nitrogens with one attached hydrogen (secondary N) is 1. The first-order chi connectivity index (χ1) is 12.5. The van der Waals surface area contributed by atoms with E-state index in [1.54, 1.807) is 26.8 Å². The van der Waals surface area contributed by atoms with Crippen LogP contribution in [-0.2, 0) is 19.5 Å². The fourth-order valence-corrected chi connectivity index (χ4v) is 2.91. The molecule has 156 valence electrons. The van der Waals surface area contributed by atoms with Crippen LogP contribution in [-0.4, -0.2) is 36.6 Å². The normalized spacial score (nSPS) is 18.9. The number of benzene rings is 1. The van der Waals surface area contributed by atoms with Gasteiger partial charge in [-0.15, -0.1) is 0 Å². The van der Waals surface area contributed by atoms with Gasteiger partial charge in [0.1, 0.15) is 11.4 Å². The first kappa shape index (κ1) is 22.7. The van der Waals surface area contributed by atoms with Crippen LogP contribution in [0.1, 0.15) is 67.9 Å². The summed E-state index contributed by atoms with van der Waals surface area (Å²) in [6.45, 7) is 17.2. The Morgan fingerprint density at radius 3 is 2.11 bits per heavy atom. The zero-order valence-corrected chi connectivity index (χ0v) is 18.5. The second-order valence-electron chi connectivity index (χ2n) is 10.1. The lowest BCUT2D eigenvalue weighted by molar-refractivity contribution is 0.00578. The highest BCUT2D eigenvalue weighted by molar-refractivity contribution is 6.62. The zero-order chi connectivity index (χ0) is 21.5. The average molecular weight is 393 g/mol. The van der Waals surface area contributed by atoms with Crippen molar-refractivity contribution in [3.63, 3.8) is 0 Å². The highest BCUT2D eigenvalue weighted by Crippen LogP contribution is 2.36. The van der Waals surface area contributed by atoms with Gasteiger partial charge in [-0.05, 0) is 65.6 Å². The van der Waals surface area contributed by atoms with Crippen molar-refractivity contribution in [2.24, 2.45) is 0 Å². The van der Waals surface area contributed by atoms with E-state index in [-0.39, 0.29) is 12.4 Å². The molecule has 1 aliphatic rings. The van der Waals surface area contributed by atoms with Crippen molar-refractivity contribution < 1.29 is 23.2 Å². The first-order valence-corrected chi connectivity index (χ1v) is 9.66. The van der Waals surface area contributed by atoms with Crippen LogP contribution in [0.5, 0.6) is 0 Å². The molecule has 1 saturated heterocycles. The van der Waals surface area contributed by atoms with Crippen molar-refractivity contribution in [3.05, 3.63) is 29.6 Å². The summed E-state index contributed by atoms with van der Waals surface area (Å²) in [5, 5.41) is 2.72. The van der Waals surface area contributed by atoms with E-state index >= 15 is 0 Å². The number of ether oxygens (including phenoxy) is 1. The van der Waals surface area contributed by atoms with E-state index in [0.29, 0.717) is 11.0 Å². The monoisotopic (exact) mass is 393 g/mol. The number of carbonyl (C=O) groups excluding carboxylic acids is 1. The molecule has 1 amide bonds. The highest BCUT2D eigenvalue weighted by atomic mass is 19.1. The Morgan fingerprint density at radius 2 is 1.64 bits per heavy atom. The summed E-state index contributed by atoms with van der Waals surface area (Å²) < 4.78 is 32.2. The lowest BCUT2D eigenvalue weighted by Gasteiger charge is -2.32. The molecule has 1 N–H and O–H groups in total. The Bertz CT molecular complexity index is 724. The van der Waals surface area contributed by atoms with Crippen LogP contribution >= 0.6 is 0 Å². The Balaban J connectivity index is 2.12. The van der Waals surface area contributed by atoms with Gasteiger partial charge in [0, 0.05) is 12.0 Å². The first-order valence-electron chi connectivity index (χ1n) is 9.66. The third-order valence-corrected chi connectivity index (χ3v) is 5.32. The molecule has 0 radical (unpaired) electrons. The third-order valence-electron chi connectivity index (χ3n) is 5.32. The van der Waals surface area contributed by atoms with Gasteiger partial charge in [0.15, 0.2) is 0 Å². The molecule has 0 atom stereocenters. The van der Waals surface area contributed by atoms with E-state index in [0.717, 1.165) is 0 Å². The van der Waals surface area contributed by atoms with Crippen molar-refractivity contribution in [1.29, 1.82) is 0 Å². The lowest BCUT2D eigenvalue weighted by Crippen LogP contribution is -2.41. The van der Waals surface area contributed by atoms with Gasteiger partial charge in [0.2, 0.25) is 0 Å². The number of hydrogen-bond donors (Lipinski definition) is 1. The molecular formula is C21H33BFNO4. The van der Waals surface area contributed by atoms with E-state index in [1.807, 2.05) is 47.6 Å². The van der Waals surface area contributed by atoms with Crippen molar-refractivity contribution in [2.45, 2.75) is 84.5 Å². The quantitative estimate of drug-likeness (QED) is 0.788. The number of rotatable bonds is 4. The smallest absolute Gasteiger partial charge is 0.444 e. The maximum atomic E-state index is 14.9. The largest absolute Gasteiger partial charge is 0.494 e. The van der Waals surface area contributed by atoms with Gasteiger partial charge in [0.05, 0.1) is 11.2 Å². The van der Waals surface area contributed by atoms with Gasteiger partial charge in [0.25, 0.3) is 0 Å². The molecule has 5 nitrogen and oxygen atoms in total. The van der Waals surface area contributed by atoms with Gasteiger partial charge < -0.3 is 19.4 Å². The van der Waals surface area contributed by atoms with Crippen LogP contribution in [0, 0.1) is 5.82 Å². The maximum Gasteiger partial charge on any atom is 0.494 e. The minimum atomic E-state index is -0.616. The molecule has 1 aromatic rings. The summed E-state index contributed by atoms with van der Waals surface area (Å²) in [7, 11) is -0.614. The second-order valence-corrected chi connectivity index (χ2v) is 10.1. The molecule has 0 bridgehead atoms. The van der Waals surface area contributed by atoms with Gasteiger partial charge in [-0.1, -0.05) is 26.0 Å². The second kappa shape index (κ2) is 7.34. The standard InChI is InChI=1S/C21H33BFNO4/c1-18(2,3)26-17(25)24-13-19(4,5)15-11-10-14(12-16(15)23)22-27-20(6,7)21(8,9)28-22/h10-12H,13H2,1-9H3,(H,24,25). The predicted molar refractivity (Wildman–Crippen MR) is 109 cm³/mol. The number of hydrogen-bond acceptors (Lipinski definition) is 4. The van der Waals surface area contributed by atoms with Crippen LogP contribution < -0.4 is 10.8 Å². The van der Waals surface area contributed by atoms with Gasteiger partial charge in [-0.2, -0.15) is 0 Å². The Morgan fingerprint density at radius 1 is 1.11 bits per heavy atom. The molecule has 0 aromatic heterocycles. The van der Waals surface area contributed by atoms with Crippen LogP contribution in [0.2, 0.25) is 0 Å². The van der Waals surface area contributed by atoms with Crippen molar-refractivity contribution in [2.75, 3.05) is 6.54 Å². The van der Waals surface area contributed by atoms with Crippen molar-refractivity contribution in [3.8, 4) is 0 Å². The van der Waals surface area contributed by atoms with Crippen LogP contribution in [0.4, 0.5) is 9.18 Å². The topological polar surface area (TPSA) is 56.8 Å². The van der Waals surface area contributed by atoms with E-state index in [1.165, 1.54) is 6.07 Å².